The molecule has 0 saturated carbocycles. The molecule has 88 valence electrons. The van der Waals surface area contributed by atoms with Crippen LogP contribution in [0.3, 0.4) is 0 Å². The van der Waals surface area contributed by atoms with Crippen molar-refractivity contribution in [2.24, 2.45) is 5.84 Å². The minimum Gasteiger partial charge on any atom is -0.507 e. The van der Waals surface area contributed by atoms with Crippen molar-refractivity contribution < 1.29 is 9.90 Å². The van der Waals surface area contributed by atoms with Gasteiger partial charge in [0.15, 0.2) is 0 Å². The number of hydrazine groups is 1. The molecular weight excluding hydrogens is 204 g/mol. The van der Waals surface area contributed by atoms with E-state index in [-0.39, 0.29) is 17.1 Å². The maximum atomic E-state index is 11.4. The van der Waals surface area contributed by atoms with Gasteiger partial charge in [0.1, 0.15) is 5.75 Å². The molecule has 4 N–H and O–H groups in total. The lowest BCUT2D eigenvalue weighted by molar-refractivity contribution is 0.0953. The van der Waals surface area contributed by atoms with Crippen LogP contribution in [0.1, 0.15) is 42.3 Å². The maximum Gasteiger partial charge on any atom is 0.265 e. The normalized spacial score (nSPS) is 11.3. The van der Waals surface area contributed by atoms with Crippen LogP contribution < -0.4 is 11.3 Å². The van der Waals surface area contributed by atoms with Gasteiger partial charge in [-0.3, -0.25) is 10.2 Å². The first-order valence-electron chi connectivity index (χ1n) is 5.12. The Bertz CT molecular complexity index is 420. The van der Waals surface area contributed by atoms with Crippen LogP contribution in [0.5, 0.6) is 5.75 Å². The molecule has 0 aromatic heterocycles. The van der Waals surface area contributed by atoms with Crippen molar-refractivity contribution in [3.63, 3.8) is 0 Å². The summed E-state index contributed by atoms with van der Waals surface area (Å²) in [6.45, 7) is 7.70. The monoisotopic (exact) mass is 222 g/mol. The fourth-order valence-corrected chi connectivity index (χ4v) is 1.57. The molecule has 4 nitrogen and oxygen atoms in total. The maximum absolute atomic E-state index is 11.4. The van der Waals surface area contributed by atoms with Gasteiger partial charge in [0.2, 0.25) is 0 Å². The molecule has 0 spiro atoms. The zero-order valence-electron chi connectivity index (χ0n) is 10.1. The van der Waals surface area contributed by atoms with Crippen LogP contribution in [0.25, 0.3) is 0 Å². The van der Waals surface area contributed by atoms with E-state index in [0.29, 0.717) is 11.1 Å². The number of carbonyl (C=O) groups is 1. The molecule has 0 heterocycles. The van der Waals surface area contributed by atoms with Gasteiger partial charge in [-0.15, -0.1) is 0 Å². The molecule has 1 aromatic carbocycles. The zero-order chi connectivity index (χ0) is 12.5. The summed E-state index contributed by atoms with van der Waals surface area (Å²) in [5.41, 5.74) is 3.74. The first-order chi connectivity index (χ1) is 7.27. The number of phenolic OH excluding ortho intramolecular Hbond substituents is 1. The Hall–Kier alpha value is -1.55. The molecule has 0 saturated heterocycles. The molecule has 1 rings (SSSR count). The lowest BCUT2D eigenvalue weighted by atomic mass is 9.84. The first-order valence-corrected chi connectivity index (χ1v) is 5.12. The first kappa shape index (κ1) is 12.5. The molecule has 16 heavy (non-hydrogen) atoms. The predicted octanol–water partition coefficient (Wildman–Crippen LogP) is 1.60. The lowest BCUT2D eigenvalue weighted by Gasteiger charge is -2.22. The number of phenols is 1. The molecule has 0 atom stereocenters. The van der Waals surface area contributed by atoms with E-state index in [1.807, 2.05) is 20.8 Å². The highest BCUT2D eigenvalue weighted by atomic mass is 16.3. The SMILES string of the molecule is Cc1cc(C(=O)NN)cc(C(C)(C)C)c1O. The minimum atomic E-state index is -0.353. The van der Waals surface area contributed by atoms with Crippen molar-refractivity contribution in [3.8, 4) is 5.75 Å². The number of benzene rings is 1. The Morgan fingerprint density at radius 3 is 2.38 bits per heavy atom. The Labute approximate surface area is 95.4 Å². The second-order valence-electron chi connectivity index (χ2n) is 4.91. The van der Waals surface area contributed by atoms with Gasteiger partial charge in [0.05, 0.1) is 0 Å². The summed E-state index contributed by atoms with van der Waals surface area (Å²) in [5, 5.41) is 9.95. The molecule has 0 aliphatic heterocycles. The zero-order valence-corrected chi connectivity index (χ0v) is 10.1. The number of nitrogen functional groups attached to an aromatic ring is 1. The minimum absolute atomic E-state index is 0.222. The van der Waals surface area contributed by atoms with E-state index < -0.39 is 0 Å². The number of nitrogens with one attached hydrogen (secondary N) is 1. The highest BCUT2D eigenvalue weighted by molar-refractivity contribution is 5.94. The van der Waals surface area contributed by atoms with E-state index in [1.54, 1.807) is 19.1 Å². The fourth-order valence-electron chi connectivity index (χ4n) is 1.57. The van der Waals surface area contributed by atoms with E-state index >= 15 is 0 Å². The Kier molecular flexibility index (Phi) is 3.24. The van der Waals surface area contributed by atoms with Gasteiger partial charge in [-0.1, -0.05) is 20.8 Å². The summed E-state index contributed by atoms with van der Waals surface area (Å²) < 4.78 is 0. The molecule has 0 unspecified atom stereocenters. The van der Waals surface area contributed by atoms with Crippen LogP contribution in [-0.4, -0.2) is 11.0 Å². The van der Waals surface area contributed by atoms with Crippen molar-refractivity contribution in [3.05, 3.63) is 28.8 Å². The Balaban J connectivity index is 3.39. The number of hydrogen-bond acceptors (Lipinski definition) is 3. The van der Waals surface area contributed by atoms with Crippen molar-refractivity contribution in [2.75, 3.05) is 0 Å². The van der Waals surface area contributed by atoms with E-state index in [0.717, 1.165) is 5.56 Å². The van der Waals surface area contributed by atoms with Gasteiger partial charge < -0.3 is 5.11 Å². The fraction of sp³-hybridized carbons (Fsp3) is 0.417. The van der Waals surface area contributed by atoms with Crippen molar-refractivity contribution in [1.29, 1.82) is 0 Å². The molecule has 0 radical (unpaired) electrons. The van der Waals surface area contributed by atoms with Crippen LogP contribution in [0.4, 0.5) is 0 Å². The summed E-state index contributed by atoms with van der Waals surface area (Å²) in [4.78, 5) is 11.4. The van der Waals surface area contributed by atoms with Crippen molar-refractivity contribution in [2.45, 2.75) is 33.1 Å². The number of amides is 1. The quantitative estimate of drug-likeness (QED) is 0.384. The smallest absolute Gasteiger partial charge is 0.265 e. The van der Waals surface area contributed by atoms with Crippen molar-refractivity contribution in [1.82, 2.24) is 5.43 Å². The van der Waals surface area contributed by atoms with Gasteiger partial charge in [-0.05, 0) is 30.0 Å². The van der Waals surface area contributed by atoms with Crippen LogP contribution in [-0.2, 0) is 5.41 Å². The number of aryl methyl sites for hydroxylation is 1. The van der Waals surface area contributed by atoms with Gasteiger partial charge in [0.25, 0.3) is 5.91 Å². The molecule has 1 aromatic rings. The van der Waals surface area contributed by atoms with Crippen LogP contribution >= 0.6 is 0 Å². The second-order valence-corrected chi connectivity index (χ2v) is 4.91. The topological polar surface area (TPSA) is 75.4 Å². The van der Waals surface area contributed by atoms with Crippen LogP contribution in [0, 0.1) is 6.92 Å². The summed E-state index contributed by atoms with van der Waals surface area (Å²) in [5.74, 6) is 4.97. The van der Waals surface area contributed by atoms with Crippen molar-refractivity contribution >= 4 is 5.91 Å². The summed E-state index contributed by atoms with van der Waals surface area (Å²) in [6, 6.07) is 3.29. The van der Waals surface area contributed by atoms with Crippen LogP contribution in [0.2, 0.25) is 0 Å². The number of rotatable bonds is 1. The summed E-state index contributed by atoms with van der Waals surface area (Å²) in [6.07, 6.45) is 0. The van der Waals surface area contributed by atoms with Crippen LogP contribution in [0.15, 0.2) is 12.1 Å². The van der Waals surface area contributed by atoms with E-state index in [4.69, 9.17) is 5.84 Å². The third-order valence-electron chi connectivity index (χ3n) is 2.50. The van der Waals surface area contributed by atoms with E-state index in [2.05, 4.69) is 5.43 Å². The highest BCUT2D eigenvalue weighted by Crippen LogP contribution is 2.33. The highest BCUT2D eigenvalue weighted by Gasteiger charge is 2.21. The number of nitrogens with two attached hydrogens (primary N) is 1. The van der Waals surface area contributed by atoms with E-state index in [1.165, 1.54) is 0 Å². The third-order valence-corrected chi connectivity index (χ3v) is 2.50. The summed E-state index contributed by atoms with van der Waals surface area (Å²) in [7, 11) is 0. The second kappa shape index (κ2) is 4.14. The molecule has 0 fully saturated rings. The van der Waals surface area contributed by atoms with Gasteiger partial charge in [-0.25, -0.2) is 5.84 Å². The largest absolute Gasteiger partial charge is 0.507 e. The lowest BCUT2D eigenvalue weighted by Crippen LogP contribution is -2.30. The van der Waals surface area contributed by atoms with Gasteiger partial charge >= 0.3 is 0 Å². The summed E-state index contributed by atoms with van der Waals surface area (Å²) >= 11 is 0. The molecular formula is C12H18N2O2. The Morgan fingerprint density at radius 1 is 1.38 bits per heavy atom. The molecule has 1 amide bonds. The molecule has 4 heteroatoms. The average Bonchev–Trinajstić information content (AvgIpc) is 2.18. The van der Waals surface area contributed by atoms with Gasteiger partial charge in [-0.2, -0.15) is 0 Å². The molecule has 0 aliphatic carbocycles. The third kappa shape index (κ3) is 2.33. The Morgan fingerprint density at radius 2 is 1.94 bits per heavy atom. The van der Waals surface area contributed by atoms with E-state index in [9.17, 15) is 9.90 Å². The average molecular weight is 222 g/mol. The number of carbonyl (C=O) groups excluding carboxylic acids is 1. The molecule has 0 aliphatic rings. The predicted molar refractivity (Wildman–Crippen MR) is 63.2 cm³/mol. The number of hydrogen-bond donors (Lipinski definition) is 3. The standard InChI is InChI=1S/C12H18N2O2/c1-7-5-8(11(16)14-13)6-9(10(7)15)12(2,3)4/h5-6,15H,13H2,1-4H3,(H,14,16). The van der Waals surface area contributed by atoms with Gasteiger partial charge in [0, 0.05) is 11.1 Å². The number of aromatic hydroxyl groups is 1. The molecule has 0 bridgehead atoms.